The standard InChI is InChI=1S/C15H15ClFN/c1-11(12-6-3-2-4-7-12)18-10-13-14(16)8-5-9-15(13)17/h2-9,11,18H,10H2,1H3. The van der Waals surface area contributed by atoms with Gasteiger partial charge in [-0.2, -0.15) is 0 Å². The third kappa shape index (κ3) is 3.09. The Morgan fingerprint density at radius 3 is 2.50 bits per heavy atom. The molecular weight excluding hydrogens is 249 g/mol. The van der Waals surface area contributed by atoms with Crippen LogP contribution in [0.25, 0.3) is 0 Å². The van der Waals surface area contributed by atoms with Crippen molar-refractivity contribution in [1.29, 1.82) is 0 Å². The minimum Gasteiger partial charge on any atom is -0.306 e. The van der Waals surface area contributed by atoms with E-state index >= 15 is 0 Å². The number of hydrogen-bond donors (Lipinski definition) is 1. The third-order valence-corrected chi connectivity index (χ3v) is 3.30. The van der Waals surface area contributed by atoms with Crippen LogP contribution in [0, 0.1) is 5.82 Å². The van der Waals surface area contributed by atoms with Crippen molar-refractivity contribution in [1.82, 2.24) is 5.32 Å². The van der Waals surface area contributed by atoms with E-state index < -0.39 is 0 Å². The van der Waals surface area contributed by atoms with Gasteiger partial charge in [0.1, 0.15) is 5.82 Å². The molecule has 1 atom stereocenters. The molecule has 0 aliphatic carbocycles. The Kier molecular flexibility index (Phi) is 4.34. The summed E-state index contributed by atoms with van der Waals surface area (Å²) in [6.45, 7) is 2.46. The Morgan fingerprint density at radius 1 is 1.11 bits per heavy atom. The highest BCUT2D eigenvalue weighted by atomic mass is 35.5. The van der Waals surface area contributed by atoms with Crippen LogP contribution < -0.4 is 5.32 Å². The van der Waals surface area contributed by atoms with Gasteiger partial charge in [-0.15, -0.1) is 0 Å². The summed E-state index contributed by atoms with van der Waals surface area (Å²) in [5.74, 6) is -0.268. The van der Waals surface area contributed by atoms with Gasteiger partial charge in [0, 0.05) is 23.2 Å². The Hall–Kier alpha value is -1.38. The maximum Gasteiger partial charge on any atom is 0.129 e. The Morgan fingerprint density at radius 2 is 1.83 bits per heavy atom. The molecule has 2 aromatic rings. The molecule has 0 saturated carbocycles. The first kappa shape index (κ1) is 13.1. The van der Waals surface area contributed by atoms with E-state index in [1.54, 1.807) is 12.1 Å². The summed E-state index contributed by atoms with van der Waals surface area (Å²) in [6.07, 6.45) is 0. The van der Waals surface area contributed by atoms with Crippen LogP contribution >= 0.6 is 11.6 Å². The van der Waals surface area contributed by atoms with Crippen molar-refractivity contribution >= 4 is 11.6 Å². The molecule has 2 aromatic carbocycles. The largest absolute Gasteiger partial charge is 0.306 e. The van der Waals surface area contributed by atoms with Gasteiger partial charge in [-0.05, 0) is 24.6 Å². The minimum atomic E-state index is -0.268. The lowest BCUT2D eigenvalue weighted by atomic mass is 10.1. The average molecular weight is 264 g/mol. The molecule has 0 amide bonds. The van der Waals surface area contributed by atoms with E-state index in [9.17, 15) is 4.39 Å². The molecule has 1 N–H and O–H groups in total. The van der Waals surface area contributed by atoms with Gasteiger partial charge in [0.15, 0.2) is 0 Å². The van der Waals surface area contributed by atoms with E-state index in [0.29, 0.717) is 17.1 Å². The molecule has 1 nitrogen and oxygen atoms in total. The van der Waals surface area contributed by atoms with Crippen LogP contribution in [0.15, 0.2) is 48.5 Å². The van der Waals surface area contributed by atoms with Crippen molar-refractivity contribution in [3.63, 3.8) is 0 Å². The number of benzene rings is 2. The minimum absolute atomic E-state index is 0.155. The molecule has 18 heavy (non-hydrogen) atoms. The van der Waals surface area contributed by atoms with Crippen LogP contribution in [0.2, 0.25) is 5.02 Å². The maximum atomic E-state index is 13.6. The van der Waals surface area contributed by atoms with Crippen LogP contribution in [0.1, 0.15) is 24.1 Å². The zero-order valence-electron chi connectivity index (χ0n) is 10.2. The van der Waals surface area contributed by atoms with Crippen molar-refractivity contribution in [2.24, 2.45) is 0 Å². The predicted octanol–water partition coefficient (Wildman–Crippen LogP) is 4.33. The number of hydrogen-bond acceptors (Lipinski definition) is 1. The fraction of sp³-hybridized carbons (Fsp3) is 0.200. The molecule has 0 fully saturated rings. The molecule has 0 heterocycles. The van der Waals surface area contributed by atoms with Crippen LogP contribution in [0.5, 0.6) is 0 Å². The highest BCUT2D eigenvalue weighted by Crippen LogP contribution is 2.20. The Balaban J connectivity index is 2.04. The van der Waals surface area contributed by atoms with Gasteiger partial charge >= 0.3 is 0 Å². The van der Waals surface area contributed by atoms with Crippen LogP contribution in [0.3, 0.4) is 0 Å². The molecule has 0 aromatic heterocycles. The lowest BCUT2D eigenvalue weighted by Gasteiger charge is -2.15. The summed E-state index contributed by atoms with van der Waals surface area (Å²) >= 11 is 5.98. The molecule has 0 bridgehead atoms. The molecule has 0 aliphatic heterocycles. The lowest BCUT2D eigenvalue weighted by molar-refractivity contribution is 0.544. The topological polar surface area (TPSA) is 12.0 Å². The van der Waals surface area contributed by atoms with Crippen molar-refractivity contribution in [2.45, 2.75) is 19.5 Å². The van der Waals surface area contributed by atoms with E-state index in [1.807, 2.05) is 37.3 Å². The fourth-order valence-corrected chi connectivity index (χ4v) is 2.05. The molecule has 1 unspecified atom stereocenters. The van der Waals surface area contributed by atoms with E-state index in [0.717, 1.165) is 0 Å². The van der Waals surface area contributed by atoms with Gasteiger partial charge in [0.25, 0.3) is 0 Å². The zero-order valence-corrected chi connectivity index (χ0v) is 10.9. The van der Waals surface area contributed by atoms with Crippen LogP contribution in [0.4, 0.5) is 4.39 Å². The second kappa shape index (κ2) is 5.98. The lowest BCUT2D eigenvalue weighted by Crippen LogP contribution is -2.19. The van der Waals surface area contributed by atoms with Crippen molar-refractivity contribution in [3.05, 3.63) is 70.5 Å². The maximum absolute atomic E-state index is 13.6. The summed E-state index contributed by atoms with van der Waals surface area (Å²) in [4.78, 5) is 0. The zero-order chi connectivity index (χ0) is 13.0. The van der Waals surface area contributed by atoms with Gasteiger partial charge in [-0.1, -0.05) is 48.0 Å². The molecule has 3 heteroatoms. The summed E-state index contributed by atoms with van der Waals surface area (Å²) in [5, 5.41) is 3.73. The third-order valence-electron chi connectivity index (χ3n) is 2.95. The van der Waals surface area contributed by atoms with Crippen LogP contribution in [-0.2, 0) is 6.54 Å². The van der Waals surface area contributed by atoms with Crippen molar-refractivity contribution in [3.8, 4) is 0 Å². The first-order valence-corrected chi connectivity index (χ1v) is 6.27. The fourth-order valence-electron chi connectivity index (χ4n) is 1.82. The molecule has 0 spiro atoms. The predicted molar refractivity (Wildman–Crippen MR) is 73.1 cm³/mol. The first-order valence-electron chi connectivity index (χ1n) is 5.89. The highest BCUT2D eigenvalue weighted by Gasteiger charge is 2.09. The normalized spacial score (nSPS) is 12.4. The van der Waals surface area contributed by atoms with Crippen molar-refractivity contribution in [2.75, 3.05) is 0 Å². The smallest absolute Gasteiger partial charge is 0.129 e. The van der Waals surface area contributed by atoms with Crippen molar-refractivity contribution < 1.29 is 4.39 Å². The van der Waals surface area contributed by atoms with E-state index in [1.165, 1.54) is 11.6 Å². The van der Waals surface area contributed by atoms with E-state index in [2.05, 4.69) is 5.32 Å². The summed E-state index contributed by atoms with van der Waals surface area (Å²) in [7, 11) is 0. The molecule has 2 rings (SSSR count). The number of nitrogens with one attached hydrogen (secondary N) is 1. The van der Waals surface area contributed by atoms with Gasteiger partial charge in [-0.3, -0.25) is 0 Å². The molecule has 0 radical (unpaired) electrons. The van der Waals surface area contributed by atoms with Crippen LogP contribution in [-0.4, -0.2) is 0 Å². The molecular formula is C15H15ClFN. The number of rotatable bonds is 4. The Bertz CT molecular complexity index is 493. The second-order valence-electron chi connectivity index (χ2n) is 4.21. The number of halogens is 2. The summed E-state index contributed by atoms with van der Waals surface area (Å²) < 4.78 is 13.6. The monoisotopic (exact) mass is 263 g/mol. The SMILES string of the molecule is CC(NCc1c(F)cccc1Cl)c1ccccc1. The quantitative estimate of drug-likeness (QED) is 0.866. The average Bonchev–Trinajstić information content (AvgIpc) is 2.39. The van der Waals surface area contributed by atoms with Gasteiger partial charge in [-0.25, -0.2) is 4.39 Å². The summed E-state index contributed by atoms with van der Waals surface area (Å²) in [6, 6.07) is 14.9. The van der Waals surface area contributed by atoms with E-state index in [4.69, 9.17) is 11.6 Å². The van der Waals surface area contributed by atoms with Gasteiger partial charge < -0.3 is 5.32 Å². The Labute approximate surface area is 112 Å². The highest BCUT2D eigenvalue weighted by molar-refractivity contribution is 6.31. The second-order valence-corrected chi connectivity index (χ2v) is 4.62. The van der Waals surface area contributed by atoms with Gasteiger partial charge in [0.2, 0.25) is 0 Å². The molecule has 0 aliphatic rings. The summed E-state index contributed by atoms with van der Waals surface area (Å²) in [5.41, 5.74) is 1.69. The van der Waals surface area contributed by atoms with E-state index in [-0.39, 0.29) is 11.9 Å². The molecule has 94 valence electrons. The first-order chi connectivity index (χ1) is 8.68. The van der Waals surface area contributed by atoms with Gasteiger partial charge in [0.05, 0.1) is 0 Å². The molecule has 0 saturated heterocycles.